The fourth-order valence-electron chi connectivity index (χ4n) is 2.11. The van der Waals surface area contributed by atoms with Crippen molar-refractivity contribution in [1.82, 2.24) is 5.32 Å². The van der Waals surface area contributed by atoms with Crippen LogP contribution in [-0.2, 0) is 11.3 Å². The van der Waals surface area contributed by atoms with Crippen molar-refractivity contribution in [3.8, 4) is 11.5 Å². The molecular weight excluding hydrogens is 321 g/mol. The van der Waals surface area contributed by atoms with Crippen molar-refractivity contribution in [2.24, 2.45) is 0 Å². The first kappa shape index (κ1) is 18.3. The lowest BCUT2D eigenvalue weighted by atomic mass is 10.2. The van der Waals surface area contributed by atoms with Crippen LogP contribution >= 0.6 is 0 Å². The summed E-state index contributed by atoms with van der Waals surface area (Å²) in [6.45, 7) is 4.11. The Hall–Kier alpha value is -3.08. The van der Waals surface area contributed by atoms with E-state index in [0.29, 0.717) is 23.7 Å². The van der Waals surface area contributed by atoms with Crippen molar-refractivity contribution in [3.05, 3.63) is 78.1 Å². The topological polar surface area (TPSA) is 47.6 Å². The lowest BCUT2D eigenvalue weighted by molar-refractivity contribution is -0.116. The minimum Gasteiger partial charge on any atom is -0.493 e. The molecule has 0 fully saturated rings. The van der Waals surface area contributed by atoms with Crippen LogP contribution in [0.5, 0.6) is 11.5 Å². The van der Waals surface area contributed by atoms with Crippen LogP contribution in [0.25, 0.3) is 6.08 Å². The highest BCUT2D eigenvalue weighted by molar-refractivity contribution is 5.91. The summed E-state index contributed by atoms with van der Waals surface area (Å²) < 4.78 is 24.2. The smallest absolute Gasteiger partial charge is 0.244 e. The number of nitrogens with one attached hydrogen (secondary N) is 1. The number of hydrogen-bond acceptors (Lipinski definition) is 3. The summed E-state index contributed by atoms with van der Waals surface area (Å²) in [4.78, 5) is 11.9. The van der Waals surface area contributed by atoms with Crippen molar-refractivity contribution in [2.45, 2.75) is 6.54 Å². The third-order valence-corrected chi connectivity index (χ3v) is 3.38. The fourth-order valence-corrected chi connectivity index (χ4v) is 2.11. The molecule has 0 spiro atoms. The molecule has 1 N–H and O–H groups in total. The maximum Gasteiger partial charge on any atom is 0.244 e. The zero-order valence-electron chi connectivity index (χ0n) is 14.0. The number of carbonyl (C=O) groups excluding carboxylic acids is 1. The Bertz CT molecular complexity index is 771. The molecule has 0 saturated carbocycles. The third kappa shape index (κ3) is 5.49. The van der Waals surface area contributed by atoms with Gasteiger partial charge in [-0.25, -0.2) is 4.39 Å². The molecule has 0 saturated heterocycles. The van der Waals surface area contributed by atoms with Crippen LogP contribution in [0.3, 0.4) is 0 Å². The zero-order valence-corrected chi connectivity index (χ0v) is 14.0. The molecule has 0 heterocycles. The van der Waals surface area contributed by atoms with E-state index >= 15 is 0 Å². The molecule has 0 aliphatic heterocycles. The largest absolute Gasteiger partial charge is 0.493 e. The lowest BCUT2D eigenvalue weighted by Gasteiger charge is -2.09. The molecule has 130 valence electrons. The zero-order chi connectivity index (χ0) is 18.1. The molecule has 0 unspecified atom stereocenters. The molecular formula is C20H20FNO3. The molecule has 2 aromatic carbocycles. The van der Waals surface area contributed by atoms with E-state index in [-0.39, 0.29) is 18.3 Å². The Kier molecular flexibility index (Phi) is 6.77. The molecule has 25 heavy (non-hydrogen) atoms. The Morgan fingerprint density at radius 1 is 1.24 bits per heavy atom. The molecule has 0 atom stereocenters. The minimum atomic E-state index is -0.341. The van der Waals surface area contributed by atoms with Gasteiger partial charge in [0.2, 0.25) is 5.91 Å². The van der Waals surface area contributed by atoms with Crippen LogP contribution in [-0.4, -0.2) is 19.6 Å². The minimum absolute atomic E-state index is 0.132. The highest BCUT2D eigenvalue weighted by atomic mass is 19.1. The second kappa shape index (κ2) is 9.27. The van der Waals surface area contributed by atoms with Gasteiger partial charge in [0.1, 0.15) is 12.4 Å². The van der Waals surface area contributed by atoms with E-state index < -0.39 is 0 Å². The average molecular weight is 341 g/mol. The Morgan fingerprint density at radius 3 is 2.76 bits per heavy atom. The summed E-state index contributed by atoms with van der Waals surface area (Å²) in [5.41, 5.74) is 1.22. The molecule has 4 nitrogen and oxygen atoms in total. The van der Waals surface area contributed by atoms with Crippen molar-refractivity contribution < 1.29 is 18.7 Å². The van der Waals surface area contributed by atoms with E-state index in [2.05, 4.69) is 11.9 Å². The van der Waals surface area contributed by atoms with Gasteiger partial charge in [0.05, 0.1) is 7.11 Å². The van der Waals surface area contributed by atoms with E-state index in [4.69, 9.17) is 9.47 Å². The summed E-state index contributed by atoms with van der Waals surface area (Å²) in [5.74, 6) is 0.514. The van der Waals surface area contributed by atoms with Gasteiger partial charge in [-0.15, -0.1) is 0 Å². The first-order chi connectivity index (χ1) is 12.1. The molecule has 0 aromatic heterocycles. The van der Waals surface area contributed by atoms with Gasteiger partial charge in [-0.2, -0.15) is 0 Å². The molecule has 0 aliphatic rings. The number of ether oxygens (including phenoxy) is 2. The van der Waals surface area contributed by atoms with Gasteiger partial charge >= 0.3 is 0 Å². The third-order valence-electron chi connectivity index (χ3n) is 3.38. The highest BCUT2D eigenvalue weighted by Crippen LogP contribution is 2.28. The predicted octanol–water partition coefficient (Wildman–Crippen LogP) is 3.73. The molecule has 2 rings (SSSR count). The Morgan fingerprint density at radius 2 is 2.04 bits per heavy atom. The van der Waals surface area contributed by atoms with Gasteiger partial charge in [0, 0.05) is 18.2 Å². The number of halogens is 1. The number of methoxy groups -OCH3 is 1. The predicted molar refractivity (Wildman–Crippen MR) is 96.0 cm³/mol. The van der Waals surface area contributed by atoms with Crippen molar-refractivity contribution in [3.63, 3.8) is 0 Å². The van der Waals surface area contributed by atoms with Gasteiger partial charge in [0.15, 0.2) is 11.5 Å². The fraction of sp³-hybridized carbons (Fsp3) is 0.150. The van der Waals surface area contributed by atoms with Gasteiger partial charge < -0.3 is 14.8 Å². The number of benzene rings is 2. The Labute approximate surface area is 146 Å². The molecule has 2 aromatic rings. The summed E-state index contributed by atoms with van der Waals surface area (Å²) >= 11 is 0. The SMILES string of the molecule is C=CCOc1ccc(/C=C/C(=O)NCc2ccccc2F)cc1OC. The van der Waals surface area contributed by atoms with Gasteiger partial charge in [0.25, 0.3) is 0 Å². The monoisotopic (exact) mass is 341 g/mol. The number of amides is 1. The quantitative estimate of drug-likeness (QED) is 0.588. The van der Waals surface area contributed by atoms with E-state index in [1.165, 1.54) is 12.1 Å². The summed E-state index contributed by atoms with van der Waals surface area (Å²) in [6.07, 6.45) is 4.68. The van der Waals surface area contributed by atoms with Crippen molar-refractivity contribution in [2.75, 3.05) is 13.7 Å². The number of rotatable bonds is 8. The number of hydrogen-bond donors (Lipinski definition) is 1. The van der Waals surface area contributed by atoms with Crippen LogP contribution in [0.1, 0.15) is 11.1 Å². The number of carbonyl (C=O) groups is 1. The van der Waals surface area contributed by atoms with E-state index in [1.807, 2.05) is 6.07 Å². The van der Waals surface area contributed by atoms with E-state index in [1.54, 1.807) is 49.6 Å². The molecule has 0 radical (unpaired) electrons. The van der Waals surface area contributed by atoms with Crippen LogP contribution in [0.2, 0.25) is 0 Å². The van der Waals surface area contributed by atoms with E-state index in [0.717, 1.165) is 5.56 Å². The first-order valence-corrected chi connectivity index (χ1v) is 7.75. The van der Waals surface area contributed by atoms with Crippen LogP contribution in [0.4, 0.5) is 4.39 Å². The molecule has 0 bridgehead atoms. The van der Waals surface area contributed by atoms with Gasteiger partial charge in [-0.3, -0.25) is 4.79 Å². The summed E-state index contributed by atoms with van der Waals surface area (Å²) in [6, 6.07) is 11.7. The summed E-state index contributed by atoms with van der Waals surface area (Å²) in [5, 5.41) is 2.65. The molecule has 1 amide bonds. The van der Waals surface area contributed by atoms with Crippen molar-refractivity contribution in [1.29, 1.82) is 0 Å². The van der Waals surface area contributed by atoms with E-state index in [9.17, 15) is 9.18 Å². The normalized spacial score (nSPS) is 10.5. The Balaban J connectivity index is 1.97. The highest BCUT2D eigenvalue weighted by Gasteiger charge is 2.05. The van der Waals surface area contributed by atoms with Crippen molar-refractivity contribution >= 4 is 12.0 Å². The maximum absolute atomic E-state index is 13.5. The van der Waals surface area contributed by atoms with Gasteiger partial charge in [-0.1, -0.05) is 36.9 Å². The standard InChI is InChI=1S/C20H20FNO3/c1-3-12-25-18-10-8-15(13-19(18)24-2)9-11-20(23)22-14-16-6-4-5-7-17(16)21/h3-11,13H,1,12,14H2,2H3,(H,22,23)/b11-9+. The molecule has 5 heteroatoms. The second-order valence-electron chi connectivity index (χ2n) is 5.15. The first-order valence-electron chi connectivity index (χ1n) is 7.75. The second-order valence-corrected chi connectivity index (χ2v) is 5.15. The van der Waals surface area contributed by atoms with Crippen LogP contribution in [0.15, 0.2) is 61.2 Å². The summed E-state index contributed by atoms with van der Waals surface area (Å²) in [7, 11) is 1.55. The molecule has 0 aliphatic carbocycles. The van der Waals surface area contributed by atoms with Gasteiger partial charge in [-0.05, 0) is 29.8 Å². The average Bonchev–Trinajstić information content (AvgIpc) is 2.64. The maximum atomic E-state index is 13.5. The van der Waals surface area contributed by atoms with Crippen LogP contribution in [0, 0.1) is 5.82 Å². The lowest BCUT2D eigenvalue weighted by Crippen LogP contribution is -2.20. The van der Waals surface area contributed by atoms with Crippen LogP contribution < -0.4 is 14.8 Å².